The number of carbonyl (C=O) groups is 1. The number of rotatable bonds is 11. The van der Waals surface area contributed by atoms with Gasteiger partial charge in [0.05, 0.1) is 7.11 Å². The van der Waals surface area contributed by atoms with Crippen LogP contribution in [0.4, 0.5) is 0 Å². The summed E-state index contributed by atoms with van der Waals surface area (Å²) in [6, 6.07) is 0. The Morgan fingerprint density at radius 2 is 1.41 bits per heavy atom. The van der Waals surface area contributed by atoms with Crippen LogP contribution in [0.3, 0.4) is 0 Å². The van der Waals surface area contributed by atoms with Gasteiger partial charge in [-0.25, -0.2) is 5.06 Å². The quantitative estimate of drug-likeness (QED) is 0.284. The highest BCUT2D eigenvalue weighted by Gasteiger charge is 2.33. The predicted octanol–water partition coefficient (Wildman–Crippen LogP) is 7.03. The highest BCUT2D eigenvalue weighted by atomic mass is 16.7. The number of nitrogens with zero attached hydrogens (tertiary/aromatic N) is 1. The van der Waals surface area contributed by atoms with Crippen molar-refractivity contribution in [3.05, 3.63) is 12.2 Å². The van der Waals surface area contributed by atoms with Gasteiger partial charge < -0.3 is 0 Å². The van der Waals surface area contributed by atoms with Crippen molar-refractivity contribution in [2.75, 3.05) is 14.2 Å². The third-order valence-electron chi connectivity index (χ3n) is 5.47. The van der Waals surface area contributed by atoms with Gasteiger partial charge in [-0.1, -0.05) is 80.9 Å². The number of hydrogen-bond acceptors (Lipinski definition) is 2. The van der Waals surface area contributed by atoms with Gasteiger partial charge in [0.1, 0.15) is 0 Å². The Bertz CT molecular complexity index is 485. The standard InChI is InChI=1S/C24H47NO2/c1-12-24(9,19-23(7,8)17-20(26)25(10)27-11)16-14-13-15-22(5,6)18-21(2,3)4/h13-14H,12,15-19H2,1-11H3. The minimum absolute atomic E-state index is 0.0421. The number of amides is 1. The molecule has 0 rings (SSSR count). The molecule has 160 valence electrons. The Kier molecular flexibility index (Phi) is 9.78. The molecular weight excluding hydrogens is 334 g/mol. The lowest BCUT2D eigenvalue weighted by Crippen LogP contribution is -2.33. The van der Waals surface area contributed by atoms with Crippen molar-refractivity contribution in [3.63, 3.8) is 0 Å². The smallest absolute Gasteiger partial charge is 0.246 e. The van der Waals surface area contributed by atoms with E-state index in [0.717, 1.165) is 25.7 Å². The summed E-state index contributed by atoms with van der Waals surface area (Å²) >= 11 is 0. The molecule has 0 N–H and O–H groups in total. The van der Waals surface area contributed by atoms with Crippen LogP contribution in [-0.2, 0) is 9.63 Å². The van der Waals surface area contributed by atoms with Crippen molar-refractivity contribution in [3.8, 4) is 0 Å². The summed E-state index contributed by atoms with van der Waals surface area (Å²) in [5, 5.41) is 1.34. The molecule has 0 saturated carbocycles. The van der Waals surface area contributed by atoms with Crippen molar-refractivity contribution in [1.29, 1.82) is 0 Å². The Balaban J connectivity index is 4.82. The molecule has 0 fully saturated rings. The molecule has 27 heavy (non-hydrogen) atoms. The highest BCUT2D eigenvalue weighted by Crippen LogP contribution is 2.42. The van der Waals surface area contributed by atoms with E-state index in [9.17, 15) is 4.79 Å². The van der Waals surface area contributed by atoms with Crippen LogP contribution in [0.5, 0.6) is 0 Å². The maximum Gasteiger partial charge on any atom is 0.246 e. The maximum absolute atomic E-state index is 12.2. The van der Waals surface area contributed by atoms with Crippen LogP contribution in [0.1, 0.15) is 101 Å². The maximum atomic E-state index is 12.2. The summed E-state index contributed by atoms with van der Waals surface area (Å²) in [6.45, 7) is 20.7. The van der Waals surface area contributed by atoms with E-state index in [-0.39, 0.29) is 16.7 Å². The van der Waals surface area contributed by atoms with E-state index in [1.165, 1.54) is 18.6 Å². The fourth-order valence-corrected chi connectivity index (χ4v) is 4.46. The van der Waals surface area contributed by atoms with Gasteiger partial charge in [0.15, 0.2) is 0 Å². The fraction of sp³-hybridized carbons (Fsp3) is 0.875. The Morgan fingerprint density at radius 1 is 0.889 bits per heavy atom. The first-order valence-electron chi connectivity index (χ1n) is 10.5. The number of hydroxylamine groups is 2. The van der Waals surface area contributed by atoms with Gasteiger partial charge in [-0.05, 0) is 47.3 Å². The van der Waals surface area contributed by atoms with E-state index in [1.54, 1.807) is 7.05 Å². The van der Waals surface area contributed by atoms with Crippen molar-refractivity contribution in [1.82, 2.24) is 5.06 Å². The Morgan fingerprint density at radius 3 is 1.85 bits per heavy atom. The number of hydrogen-bond donors (Lipinski definition) is 0. The number of carbonyl (C=O) groups excluding carboxylic acids is 1. The Labute approximate surface area is 169 Å². The predicted molar refractivity (Wildman–Crippen MR) is 117 cm³/mol. The summed E-state index contributed by atoms with van der Waals surface area (Å²) in [6.07, 6.45) is 10.8. The number of allylic oxidation sites excluding steroid dienone is 2. The van der Waals surface area contributed by atoms with Crippen molar-refractivity contribution < 1.29 is 9.63 Å². The molecule has 0 aliphatic carbocycles. The molecule has 0 aliphatic rings. The van der Waals surface area contributed by atoms with E-state index >= 15 is 0 Å². The second-order valence-corrected chi connectivity index (χ2v) is 11.5. The van der Waals surface area contributed by atoms with Crippen LogP contribution >= 0.6 is 0 Å². The van der Waals surface area contributed by atoms with Crippen LogP contribution in [0.25, 0.3) is 0 Å². The summed E-state index contributed by atoms with van der Waals surface area (Å²) in [7, 11) is 3.21. The molecule has 0 heterocycles. The third kappa shape index (κ3) is 11.6. The zero-order chi connectivity index (χ0) is 21.5. The average molecular weight is 382 g/mol. The first kappa shape index (κ1) is 26.2. The minimum Gasteiger partial charge on any atom is -0.275 e. The largest absolute Gasteiger partial charge is 0.275 e. The van der Waals surface area contributed by atoms with Gasteiger partial charge in [0.25, 0.3) is 0 Å². The normalized spacial score (nSPS) is 15.8. The molecule has 1 atom stereocenters. The molecule has 0 aromatic heterocycles. The van der Waals surface area contributed by atoms with Gasteiger partial charge in [-0.2, -0.15) is 0 Å². The zero-order valence-corrected chi connectivity index (χ0v) is 20.2. The fourth-order valence-electron chi connectivity index (χ4n) is 4.46. The lowest BCUT2D eigenvalue weighted by atomic mass is 9.69. The van der Waals surface area contributed by atoms with Crippen LogP contribution in [0.2, 0.25) is 0 Å². The Hall–Kier alpha value is -0.830. The molecule has 0 bridgehead atoms. The molecule has 0 radical (unpaired) electrons. The molecule has 1 unspecified atom stereocenters. The van der Waals surface area contributed by atoms with Gasteiger partial charge >= 0.3 is 0 Å². The first-order valence-corrected chi connectivity index (χ1v) is 10.5. The molecule has 0 saturated heterocycles. The molecule has 0 aromatic rings. The summed E-state index contributed by atoms with van der Waals surface area (Å²) in [5.74, 6) is 0.0421. The van der Waals surface area contributed by atoms with Crippen LogP contribution in [0, 0.1) is 21.7 Å². The van der Waals surface area contributed by atoms with Gasteiger partial charge in [-0.3, -0.25) is 9.63 Å². The molecular formula is C24H47NO2. The van der Waals surface area contributed by atoms with Crippen molar-refractivity contribution in [2.24, 2.45) is 21.7 Å². The van der Waals surface area contributed by atoms with E-state index in [0.29, 0.717) is 17.3 Å². The first-order chi connectivity index (χ1) is 12.0. The van der Waals surface area contributed by atoms with Crippen molar-refractivity contribution in [2.45, 2.75) is 101 Å². The van der Waals surface area contributed by atoms with Crippen LogP contribution < -0.4 is 0 Å². The molecule has 0 aliphatic heterocycles. The second-order valence-electron chi connectivity index (χ2n) is 11.5. The monoisotopic (exact) mass is 381 g/mol. The molecule has 3 nitrogen and oxygen atoms in total. The van der Waals surface area contributed by atoms with Gasteiger partial charge in [-0.15, -0.1) is 0 Å². The molecule has 1 amide bonds. The average Bonchev–Trinajstić information content (AvgIpc) is 2.47. The summed E-state index contributed by atoms with van der Waals surface area (Å²) in [4.78, 5) is 17.3. The lowest BCUT2D eigenvalue weighted by molar-refractivity contribution is -0.171. The van der Waals surface area contributed by atoms with Crippen LogP contribution in [0.15, 0.2) is 12.2 Å². The van der Waals surface area contributed by atoms with Gasteiger partial charge in [0.2, 0.25) is 5.91 Å². The molecule has 3 heteroatoms. The van der Waals surface area contributed by atoms with Crippen LogP contribution in [-0.4, -0.2) is 25.1 Å². The van der Waals surface area contributed by atoms with E-state index in [2.05, 4.69) is 74.5 Å². The molecule has 0 spiro atoms. The van der Waals surface area contributed by atoms with Crippen molar-refractivity contribution >= 4 is 5.91 Å². The SMILES string of the molecule is CCC(C)(CC=CCC(C)(C)CC(C)(C)C)CC(C)(C)CC(=O)N(C)OC. The minimum atomic E-state index is -0.0476. The molecule has 0 aromatic carbocycles. The third-order valence-corrected chi connectivity index (χ3v) is 5.47. The van der Waals surface area contributed by atoms with Gasteiger partial charge in [0, 0.05) is 13.5 Å². The zero-order valence-electron chi connectivity index (χ0n) is 20.2. The summed E-state index contributed by atoms with van der Waals surface area (Å²) < 4.78 is 0. The topological polar surface area (TPSA) is 29.5 Å². The highest BCUT2D eigenvalue weighted by molar-refractivity contribution is 5.75. The van der Waals surface area contributed by atoms with E-state index in [4.69, 9.17) is 4.84 Å². The van der Waals surface area contributed by atoms with E-state index in [1.807, 2.05) is 0 Å². The second kappa shape index (κ2) is 10.1. The lowest BCUT2D eigenvalue weighted by Gasteiger charge is -2.37. The van der Waals surface area contributed by atoms with E-state index < -0.39 is 0 Å². The summed E-state index contributed by atoms with van der Waals surface area (Å²) in [5.41, 5.74) is 0.850.